The molecule has 1 amide bonds. The van der Waals surface area contributed by atoms with Gasteiger partial charge in [-0.3, -0.25) is 0 Å². The van der Waals surface area contributed by atoms with Crippen LogP contribution in [0.4, 0.5) is 4.79 Å². The Morgan fingerprint density at radius 3 is 2.19 bits per heavy atom. The quantitative estimate of drug-likeness (QED) is 0.795. The molecule has 90 valence electrons. The second-order valence-electron chi connectivity index (χ2n) is 3.40. The number of rotatable bonds is 1. The van der Waals surface area contributed by atoms with Crippen LogP contribution in [0.2, 0.25) is 0 Å². The summed E-state index contributed by atoms with van der Waals surface area (Å²) < 4.78 is 10.5. The number of hydrogen-bond acceptors (Lipinski definition) is 4. The summed E-state index contributed by atoms with van der Waals surface area (Å²) in [5.74, 6) is 1.79. The van der Waals surface area contributed by atoms with Crippen molar-refractivity contribution in [1.82, 2.24) is 5.32 Å². The van der Waals surface area contributed by atoms with E-state index in [-0.39, 0.29) is 6.04 Å². The van der Waals surface area contributed by atoms with Crippen molar-refractivity contribution in [2.24, 2.45) is 0 Å². The van der Waals surface area contributed by atoms with Gasteiger partial charge in [-0.25, -0.2) is 4.79 Å². The van der Waals surface area contributed by atoms with E-state index in [9.17, 15) is 4.79 Å². The van der Waals surface area contributed by atoms with Crippen molar-refractivity contribution in [3.05, 3.63) is 10.8 Å². The summed E-state index contributed by atoms with van der Waals surface area (Å²) in [4.78, 5) is 9.70. The lowest BCUT2D eigenvalue weighted by molar-refractivity contribution is 0.173. The van der Waals surface area contributed by atoms with E-state index in [4.69, 9.17) is 14.6 Å². The topological polar surface area (TPSA) is 67.8 Å². The normalized spacial score (nSPS) is 12.7. The first-order chi connectivity index (χ1) is 7.59. The molecule has 1 aromatic rings. The number of amides is 1. The van der Waals surface area contributed by atoms with Crippen molar-refractivity contribution in [2.45, 2.75) is 19.9 Å². The molecule has 0 atom stereocenters. The number of ether oxygens (including phenoxy) is 2. The molecule has 6 heteroatoms. The maximum atomic E-state index is 9.70. The van der Waals surface area contributed by atoms with Gasteiger partial charge in [-0.05, 0) is 13.8 Å². The molecule has 0 unspecified atom stereocenters. The predicted molar refractivity (Wildman–Crippen MR) is 61.6 cm³/mol. The van der Waals surface area contributed by atoms with Crippen LogP contribution in [-0.2, 0) is 0 Å². The summed E-state index contributed by atoms with van der Waals surface area (Å²) in [6.07, 6.45) is -0.963. The van der Waals surface area contributed by atoms with Crippen molar-refractivity contribution >= 4 is 17.4 Å². The van der Waals surface area contributed by atoms with Crippen LogP contribution in [0.1, 0.15) is 13.8 Å². The molecule has 0 fully saturated rings. The summed E-state index contributed by atoms with van der Waals surface area (Å²) in [6, 6.07) is 0.0255. The molecule has 0 spiro atoms. The minimum atomic E-state index is -0.963. The van der Waals surface area contributed by atoms with Crippen LogP contribution in [0.5, 0.6) is 11.5 Å². The van der Waals surface area contributed by atoms with Crippen molar-refractivity contribution in [3.8, 4) is 11.5 Å². The Balaban J connectivity index is 0.000000168. The van der Waals surface area contributed by atoms with Gasteiger partial charge in [0.1, 0.15) is 13.2 Å². The summed E-state index contributed by atoms with van der Waals surface area (Å²) in [7, 11) is 0. The molecule has 16 heavy (non-hydrogen) atoms. The van der Waals surface area contributed by atoms with Gasteiger partial charge in [0.15, 0.2) is 11.5 Å². The fraction of sp³-hybridized carbons (Fsp3) is 0.500. The monoisotopic (exact) mass is 245 g/mol. The van der Waals surface area contributed by atoms with Crippen molar-refractivity contribution in [2.75, 3.05) is 13.2 Å². The summed E-state index contributed by atoms with van der Waals surface area (Å²) in [5, 5.41) is 14.1. The van der Waals surface area contributed by atoms with Crippen LogP contribution in [0.15, 0.2) is 10.8 Å². The van der Waals surface area contributed by atoms with Gasteiger partial charge >= 0.3 is 6.09 Å². The molecule has 2 rings (SSSR count). The molecule has 1 aromatic heterocycles. The lowest BCUT2D eigenvalue weighted by atomic mass is 10.4. The molecular formula is C10H15NO4S. The molecule has 0 saturated carbocycles. The van der Waals surface area contributed by atoms with Crippen molar-refractivity contribution in [3.63, 3.8) is 0 Å². The van der Waals surface area contributed by atoms with Gasteiger partial charge in [0.25, 0.3) is 0 Å². The maximum Gasteiger partial charge on any atom is 0.404 e. The van der Waals surface area contributed by atoms with E-state index in [2.05, 4.69) is 5.32 Å². The van der Waals surface area contributed by atoms with Gasteiger partial charge in [-0.1, -0.05) is 0 Å². The molecule has 0 bridgehead atoms. The largest absolute Gasteiger partial charge is 0.485 e. The van der Waals surface area contributed by atoms with Crippen LogP contribution in [0.3, 0.4) is 0 Å². The Bertz CT molecular complexity index is 317. The predicted octanol–water partition coefficient (Wildman–Crippen LogP) is 2.18. The minimum Gasteiger partial charge on any atom is -0.485 e. The second kappa shape index (κ2) is 6.22. The number of fused-ring (bicyclic) bond motifs is 1. The molecular weight excluding hydrogens is 230 g/mol. The van der Waals surface area contributed by atoms with Gasteiger partial charge in [-0.2, -0.15) is 0 Å². The SMILES string of the molecule is CC(C)NC(=O)O.c1scc2c1OCCO2. The lowest BCUT2D eigenvalue weighted by Crippen LogP contribution is -2.27. The molecule has 5 nitrogen and oxygen atoms in total. The average Bonchev–Trinajstić information content (AvgIpc) is 2.63. The van der Waals surface area contributed by atoms with Gasteiger partial charge in [0.2, 0.25) is 0 Å². The number of nitrogens with one attached hydrogen (secondary N) is 1. The maximum absolute atomic E-state index is 9.70. The van der Waals surface area contributed by atoms with Gasteiger partial charge < -0.3 is 19.9 Å². The lowest BCUT2D eigenvalue weighted by Gasteiger charge is -2.13. The molecule has 2 N–H and O–H groups in total. The Kier molecular flexibility index (Phi) is 4.91. The van der Waals surface area contributed by atoms with Crippen molar-refractivity contribution in [1.29, 1.82) is 0 Å². The molecule has 0 aromatic carbocycles. The number of thiophene rings is 1. The van der Waals surface area contributed by atoms with Crippen LogP contribution in [-0.4, -0.2) is 30.5 Å². The van der Waals surface area contributed by atoms with E-state index in [0.29, 0.717) is 13.2 Å². The summed E-state index contributed by atoms with van der Waals surface area (Å²) in [6.45, 7) is 4.91. The Morgan fingerprint density at radius 1 is 1.38 bits per heavy atom. The average molecular weight is 245 g/mol. The van der Waals surface area contributed by atoms with Crippen LogP contribution >= 0.6 is 11.3 Å². The molecule has 1 aliphatic rings. The highest BCUT2D eigenvalue weighted by atomic mass is 32.1. The molecule has 0 radical (unpaired) electrons. The fourth-order valence-corrected chi connectivity index (χ4v) is 1.72. The van der Waals surface area contributed by atoms with E-state index in [1.165, 1.54) is 0 Å². The highest BCUT2D eigenvalue weighted by molar-refractivity contribution is 7.08. The third-order valence-corrected chi connectivity index (χ3v) is 2.30. The molecule has 2 heterocycles. The third-order valence-electron chi connectivity index (χ3n) is 1.60. The van der Waals surface area contributed by atoms with Crippen LogP contribution in [0, 0.1) is 0 Å². The summed E-state index contributed by atoms with van der Waals surface area (Å²) in [5.41, 5.74) is 0. The first kappa shape index (κ1) is 12.6. The highest BCUT2D eigenvalue weighted by Gasteiger charge is 2.10. The molecule has 1 aliphatic heterocycles. The van der Waals surface area contributed by atoms with Crippen molar-refractivity contribution < 1.29 is 19.4 Å². The van der Waals surface area contributed by atoms with Gasteiger partial charge in [0.05, 0.1) is 0 Å². The Morgan fingerprint density at radius 2 is 1.88 bits per heavy atom. The smallest absolute Gasteiger partial charge is 0.404 e. The van der Waals surface area contributed by atoms with Crippen LogP contribution < -0.4 is 14.8 Å². The van der Waals surface area contributed by atoms with E-state index < -0.39 is 6.09 Å². The minimum absolute atomic E-state index is 0.0255. The van der Waals surface area contributed by atoms with Gasteiger partial charge in [0, 0.05) is 16.8 Å². The number of carbonyl (C=O) groups is 1. The first-order valence-corrected chi connectivity index (χ1v) is 5.85. The zero-order valence-corrected chi connectivity index (χ0v) is 10.0. The third kappa shape index (κ3) is 4.39. The summed E-state index contributed by atoms with van der Waals surface area (Å²) >= 11 is 1.61. The number of carboxylic acid groups (broad SMARTS) is 1. The highest BCUT2D eigenvalue weighted by Crippen LogP contribution is 2.33. The first-order valence-electron chi connectivity index (χ1n) is 4.91. The van der Waals surface area contributed by atoms with Crippen LogP contribution in [0.25, 0.3) is 0 Å². The van der Waals surface area contributed by atoms with Gasteiger partial charge in [-0.15, -0.1) is 11.3 Å². The Labute approximate surface area is 98.0 Å². The van der Waals surface area contributed by atoms with E-state index in [0.717, 1.165) is 11.5 Å². The Hall–Kier alpha value is -1.43. The molecule has 0 aliphatic carbocycles. The molecule has 0 saturated heterocycles. The zero-order chi connectivity index (χ0) is 12.0. The number of hydrogen-bond donors (Lipinski definition) is 2. The zero-order valence-electron chi connectivity index (χ0n) is 9.23. The second-order valence-corrected chi connectivity index (χ2v) is 4.14. The fourth-order valence-electron chi connectivity index (χ4n) is 1.03. The van der Waals surface area contributed by atoms with E-state index in [1.807, 2.05) is 10.8 Å². The van der Waals surface area contributed by atoms with E-state index in [1.54, 1.807) is 25.2 Å². The van der Waals surface area contributed by atoms with E-state index >= 15 is 0 Å². The standard InChI is InChI=1S/C6H6O2S.C4H9NO2/c1-2-8-6-4-9-3-5(6)7-1;1-3(2)5-4(6)7/h3-4H,1-2H2;3,5H,1-2H3,(H,6,7).